The van der Waals surface area contributed by atoms with Crippen molar-refractivity contribution in [3.05, 3.63) is 31.3 Å². The van der Waals surface area contributed by atoms with Gasteiger partial charge in [0.1, 0.15) is 4.83 Å². The normalized spacial score (nSPS) is 14.5. The lowest BCUT2D eigenvalue weighted by molar-refractivity contribution is 0.121. The number of halogens is 2. The standard InChI is InChI=1S/C17H22F2N4O3S2/c1-3-26-7-6-22-15-13(14(24)23(17(22)25)9-12(18)19)10(2)11(28-15)8-21-5-4-20-16(21)27/h12H,3-9H2,1-2H3,(H,20,27). The molecular weight excluding hydrogens is 410 g/mol. The minimum Gasteiger partial charge on any atom is -0.380 e. The Morgan fingerprint density at radius 3 is 2.68 bits per heavy atom. The Balaban J connectivity index is 2.14. The average molecular weight is 433 g/mol. The molecule has 1 fully saturated rings. The van der Waals surface area contributed by atoms with Crippen LogP contribution in [0.15, 0.2) is 9.59 Å². The molecule has 0 amide bonds. The highest BCUT2D eigenvalue weighted by Gasteiger charge is 2.24. The summed E-state index contributed by atoms with van der Waals surface area (Å²) in [5, 5.41) is 4.04. The minimum atomic E-state index is -2.80. The third kappa shape index (κ3) is 3.96. The van der Waals surface area contributed by atoms with Crippen molar-refractivity contribution in [3.63, 3.8) is 0 Å². The molecule has 1 aliphatic rings. The SMILES string of the molecule is CCOCCn1c(=O)n(CC(F)F)c(=O)c2c(C)c(CN3CCNC3=S)sc21. The van der Waals surface area contributed by atoms with Crippen LogP contribution in [-0.4, -0.2) is 51.9 Å². The molecule has 0 unspecified atom stereocenters. The third-order valence-corrected chi connectivity index (χ3v) is 6.36. The fraction of sp³-hybridized carbons (Fsp3) is 0.588. The molecule has 0 atom stereocenters. The van der Waals surface area contributed by atoms with E-state index in [-0.39, 0.29) is 13.2 Å². The van der Waals surface area contributed by atoms with Crippen molar-refractivity contribution < 1.29 is 13.5 Å². The van der Waals surface area contributed by atoms with E-state index in [1.807, 2.05) is 11.8 Å². The molecule has 0 spiro atoms. The lowest BCUT2D eigenvalue weighted by Gasteiger charge is -2.15. The fourth-order valence-corrected chi connectivity index (χ4v) is 4.81. The van der Waals surface area contributed by atoms with Gasteiger partial charge in [0.05, 0.1) is 31.6 Å². The van der Waals surface area contributed by atoms with Crippen LogP contribution in [0.3, 0.4) is 0 Å². The maximum Gasteiger partial charge on any atom is 0.332 e. The Labute approximate surface area is 169 Å². The molecule has 1 aliphatic heterocycles. The number of hydrogen-bond acceptors (Lipinski definition) is 5. The van der Waals surface area contributed by atoms with Gasteiger partial charge in [0.2, 0.25) is 0 Å². The van der Waals surface area contributed by atoms with Crippen molar-refractivity contribution in [3.8, 4) is 0 Å². The number of alkyl halides is 2. The molecule has 7 nitrogen and oxygen atoms in total. The van der Waals surface area contributed by atoms with E-state index in [0.29, 0.717) is 38.6 Å². The topological polar surface area (TPSA) is 68.5 Å². The number of rotatable bonds is 8. The van der Waals surface area contributed by atoms with Gasteiger partial charge >= 0.3 is 5.69 Å². The van der Waals surface area contributed by atoms with Gasteiger partial charge in [0.25, 0.3) is 12.0 Å². The van der Waals surface area contributed by atoms with E-state index in [1.54, 1.807) is 6.92 Å². The van der Waals surface area contributed by atoms with Gasteiger partial charge in [-0.2, -0.15) is 0 Å². The molecule has 11 heteroatoms. The highest BCUT2D eigenvalue weighted by atomic mass is 32.1. The smallest absolute Gasteiger partial charge is 0.332 e. The molecule has 2 aromatic rings. The minimum absolute atomic E-state index is 0.190. The molecule has 0 saturated carbocycles. The quantitative estimate of drug-likeness (QED) is 0.504. The number of aryl methyl sites for hydroxylation is 1. The van der Waals surface area contributed by atoms with Crippen molar-refractivity contribution in [2.45, 2.75) is 39.9 Å². The van der Waals surface area contributed by atoms with Crippen LogP contribution < -0.4 is 16.6 Å². The summed E-state index contributed by atoms with van der Waals surface area (Å²) in [5.41, 5.74) is -0.702. The Hall–Kier alpha value is -1.85. The molecule has 2 aromatic heterocycles. The summed E-state index contributed by atoms with van der Waals surface area (Å²) >= 11 is 6.60. The lowest BCUT2D eigenvalue weighted by atomic mass is 10.2. The summed E-state index contributed by atoms with van der Waals surface area (Å²) in [5.74, 6) is 0. The maximum atomic E-state index is 13.0. The van der Waals surface area contributed by atoms with Crippen molar-refractivity contribution in [1.29, 1.82) is 0 Å². The van der Waals surface area contributed by atoms with Gasteiger partial charge in [-0.1, -0.05) is 0 Å². The number of ether oxygens (including phenoxy) is 1. The number of nitrogens with one attached hydrogen (secondary N) is 1. The van der Waals surface area contributed by atoms with E-state index >= 15 is 0 Å². The summed E-state index contributed by atoms with van der Waals surface area (Å²) in [6, 6.07) is 0. The van der Waals surface area contributed by atoms with Crippen molar-refractivity contribution in [2.24, 2.45) is 0 Å². The zero-order valence-electron chi connectivity index (χ0n) is 15.7. The molecule has 1 saturated heterocycles. The first-order chi connectivity index (χ1) is 13.3. The molecule has 0 aromatic carbocycles. The Bertz CT molecular complexity index is 999. The third-order valence-electron chi connectivity index (χ3n) is 4.66. The van der Waals surface area contributed by atoms with Crippen molar-refractivity contribution >= 4 is 38.9 Å². The largest absolute Gasteiger partial charge is 0.380 e. The molecule has 3 rings (SSSR count). The van der Waals surface area contributed by atoms with E-state index in [0.717, 1.165) is 18.0 Å². The molecule has 0 bridgehead atoms. The van der Waals surface area contributed by atoms with Crippen LogP contribution in [0.1, 0.15) is 17.4 Å². The van der Waals surface area contributed by atoms with Crippen LogP contribution in [0.4, 0.5) is 8.78 Å². The van der Waals surface area contributed by atoms with Crippen LogP contribution in [-0.2, 0) is 24.4 Å². The van der Waals surface area contributed by atoms with Crippen LogP contribution in [0.5, 0.6) is 0 Å². The first-order valence-corrected chi connectivity index (χ1v) is 10.2. The zero-order chi connectivity index (χ0) is 20.4. The van der Waals surface area contributed by atoms with Crippen LogP contribution >= 0.6 is 23.6 Å². The molecule has 28 heavy (non-hydrogen) atoms. The van der Waals surface area contributed by atoms with Gasteiger partial charge in [0.15, 0.2) is 5.11 Å². The summed E-state index contributed by atoms with van der Waals surface area (Å²) < 4.78 is 33.3. The Morgan fingerprint density at radius 2 is 2.07 bits per heavy atom. The summed E-state index contributed by atoms with van der Waals surface area (Å²) in [4.78, 5) is 29.0. The van der Waals surface area contributed by atoms with Gasteiger partial charge < -0.3 is 15.0 Å². The maximum absolute atomic E-state index is 13.0. The Kier molecular flexibility index (Phi) is 6.46. The monoisotopic (exact) mass is 432 g/mol. The van der Waals surface area contributed by atoms with Gasteiger partial charge in [0, 0.05) is 24.6 Å². The highest BCUT2D eigenvalue weighted by Crippen LogP contribution is 2.29. The van der Waals surface area contributed by atoms with E-state index < -0.39 is 24.2 Å². The summed E-state index contributed by atoms with van der Waals surface area (Å²) in [6.45, 7) is 5.62. The molecule has 0 radical (unpaired) electrons. The van der Waals surface area contributed by atoms with Crippen LogP contribution in [0, 0.1) is 6.92 Å². The Morgan fingerprint density at radius 1 is 1.32 bits per heavy atom. The van der Waals surface area contributed by atoms with Gasteiger partial charge in [-0.05, 0) is 31.6 Å². The first kappa shape index (κ1) is 20.9. The van der Waals surface area contributed by atoms with Gasteiger partial charge in [-0.3, -0.25) is 13.9 Å². The van der Waals surface area contributed by atoms with Gasteiger partial charge in [-0.25, -0.2) is 13.6 Å². The molecule has 0 aliphatic carbocycles. The zero-order valence-corrected chi connectivity index (χ0v) is 17.3. The van der Waals surface area contributed by atoms with Crippen molar-refractivity contribution in [2.75, 3.05) is 26.3 Å². The molecule has 3 heterocycles. The second-order valence-corrected chi connectivity index (χ2v) is 7.89. The highest BCUT2D eigenvalue weighted by molar-refractivity contribution is 7.80. The average Bonchev–Trinajstić information content (AvgIpc) is 3.19. The number of aromatic nitrogens is 2. The number of fused-ring (bicyclic) bond motifs is 1. The summed E-state index contributed by atoms with van der Waals surface area (Å²) in [6.07, 6.45) is -2.80. The molecular formula is C17H22F2N4O3S2. The van der Waals surface area contributed by atoms with Crippen LogP contribution in [0.2, 0.25) is 0 Å². The van der Waals surface area contributed by atoms with E-state index in [9.17, 15) is 18.4 Å². The number of thiophene rings is 1. The fourth-order valence-electron chi connectivity index (χ4n) is 3.22. The van der Waals surface area contributed by atoms with Gasteiger partial charge in [-0.15, -0.1) is 11.3 Å². The number of nitrogens with zero attached hydrogens (tertiary/aromatic N) is 3. The predicted molar refractivity (Wildman–Crippen MR) is 109 cm³/mol. The number of thiocarbonyl (C=S) groups is 1. The van der Waals surface area contributed by atoms with E-state index in [2.05, 4.69) is 5.32 Å². The lowest BCUT2D eigenvalue weighted by Crippen LogP contribution is -2.41. The first-order valence-electron chi connectivity index (χ1n) is 8.99. The van der Waals surface area contributed by atoms with Crippen LogP contribution in [0.25, 0.3) is 10.2 Å². The van der Waals surface area contributed by atoms with E-state index in [4.69, 9.17) is 17.0 Å². The van der Waals surface area contributed by atoms with Crippen molar-refractivity contribution in [1.82, 2.24) is 19.4 Å². The van der Waals surface area contributed by atoms with E-state index in [1.165, 1.54) is 15.9 Å². The molecule has 154 valence electrons. The second kappa shape index (κ2) is 8.66. The predicted octanol–water partition coefficient (Wildman–Crippen LogP) is 1.52. The second-order valence-electron chi connectivity index (χ2n) is 6.42. The molecule has 1 N–H and O–H groups in total. The number of hydrogen-bond donors (Lipinski definition) is 1. The summed E-state index contributed by atoms with van der Waals surface area (Å²) in [7, 11) is 0.